The largest absolute Gasteiger partial charge is 0.468 e. The SMILES string of the molecule is COC(=O)c1cc(F)c(P(=O)(Oc2ccccc2)Oc2ccccc2)c(F)c1F. The van der Waals surface area contributed by atoms with Crippen molar-refractivity contribution < 1.29 is 36.3 Å². The van der Waals surface area contributed by atoms with Crippen LogP contribution in [0.1, 0.15) is 10.4 Å². The molecule has 0 N–H and O–H groups in total. The van der Waals surface area contributed by atoms with Crippen LogP contribution in [0, 0.1) is 17.5 Å². The predicted octanol–water partition coefficient (Wildman–Crippen LogP) is 4.87. The highest BCUT2D eigenvalue weighted by molar-refractivity contribution is 7.63. The van der Waals surface area contributed by atoms with Crippen molar-refractivity contribution in [1.82, 2.24) is 0 Å². The summed E-state index contributed by atoms with van der Waals surface area (Å²) in [5.41, 5.74) is -0.989. The molecule has 3 rings (SSSR count). The van der Waals surface area contributed by atoms with E-state index in [0.717, 1.165) is 7.11 Å². The molecule has 0 bridgehead atoms. The first-order valence-electron chi connectivity index (χ1n) is 8.21. The van der Waals surface area contributed by atoms with Crippen LogP contribution in [-0.2, 0) is 9.30 Å². The van der Waals surface area contributed by atoms with Crippen molar-refractivity contribution in [3.05, 3.63) is 89.7 Å². The molecular weight excluding hydrogens is 408 g/mol. The topological polar surface area (TPSA) is 61.8 Å². The molecule has 150 valence electrons. The van der Waals surface area contributed by atoms with Gasteiger partial charge in [-0.15, -0.1) is 0 Å². The summed E-state index contributed by atoms with van der Waals surface area (Å²) in [6, 6.07) is 15.4. The fourth-order valence-electron chi connectivity index (χ4n) is 2.45. The van der Waals surface area contributed by atoms with Crippen molar-refractivity contribution in [2.24, 2.45) is 0 Å². The van der Waals surface area contributed by atoms with Crippen LogP contribution in [0.4, 0.5) is 13.2 Å². The highest BCUT2D eigenvalue weighted by Crippen LogP contribution is 2.49. The second kappa shape index (κ2) is 8.41. The molecule has 0 saturated heterocycles. The molecule has 9 heteroatoms. The fraction of sp³-hybridized carbons (Fsp3) is 0.0500. The Morgan fingerprint density at radius 2 is 1.31 bits per heavy atom. The van der Waals surface area contributed by atoms with Crippen LogP contribution in [0.25, 0.3) is 0 Å². The molecule has 0 spiro atoms. The molecule has 29 heavy (non-hydrogen) atoms. The Labute approximate surface area is 164 Å². The second-order valence-corrected chi connectivity index (χ2v) is 7.49. The van der Waals surface area contributed by atoms with Crippen molar-refractivity contribution >= 4 is 18.9 Å². The van der Waals surface area contributed by atoms with Crippen LogP contribution in [0.5, 0.6) is 11.5 Å². The Morgan fingerprint density at radius 3 is 1.76 bits per heavy atom. The number of benzene rings is 3. The molecule has 0 amide bonds. The molecule has 0 radical (unpaired) electrons. The lowest BCUT2D eigenvalue weighted by Crippen LogP contribution is -2.25. The molecule has 0 aromatic heterocycles. The third-order valence-corrected chi connectivity index (χ3v) is 5.61. The van der Waals surface area contributed by atoms with Gasteiger partial charge in [-0.05, 0) is 30.3 Å². The molecule has 5 nitrogen and oxygen atoms in total. The minimum atomic E-state index is -4.82. The van der Waals surface area contributed by atoms with E-state index in [0.29, 0.717) is 6.07 Å². The summed E-state index contributed by atoms with van der Waals surface area (Å²) in [6.45, 7) is 0. The van der Waals surface area contributed by atoms with Gasteiger partial charge in [0.05, 0.1) is 7.11 Å². The van der Waals surface area contributed by atoms with E-state index in [1.54, 1.807) is 12.1 Å². The average Bonchev–Trinajstić information content (AvgIpc) is 2.71. The van der Waals surface area contributed by atoms with Crippen molar-refractivity contribution in [1.29, 1.82) is 0 Å². The number of hydrogen-bond donors (Lipinski definition) is 0. The molecule has 0 aliphatic carbocycles. The third kappa shape index (κ3) is 4.27. The van der Waals surface area contributed by atoms with Crippen LogP contribution in [0.2, 0.25) is 0 Å². The van der Waals surface area contributed by atoms with E-state index in [9.17, 15) is 22.5 Å². The van der Waals surface area contributed by atoms with Gasteiger partial charge in [0.25, 0.3) is 0 Å². The number of carbonyl (C=O) groups excluding carboxylic acids is 1. The zero-order valence-corrected chi connectivity index (χ0v) is 15.9. The number of halogens is 3. The Kier molecular flexibility index (Phi) is 5.94. The van der Waals surface area contributed by atoms with Gasteiger partial charge < -0.3 is 13.8 Å². The number of ether oxygens (including phenoxy) is 1. The van der Waals surface area contributed by atoms with Gasteiger partial charge in [-0.1, -0.05) is 36.4 Å². The minimum absolute atomic E-state index is 0.0250. The lowest BCUT2D eigenvalue weighted by molar-refractivity contribution is 0.0593. The predicted molar refractivity (Wildman–Crippen MR) is 99.0 cm³/mol. The van der Waals surface area contributed by atoms with Gasteiger partial charge >= 0.3 is 13.6 Å². The van der Waals surface area contributed by atoms with Gasteiger partial charge in [-0.3, -0.25) is 0 Å². The second-order valence-electron chi connectivity index (χ2n) is 5.68. The molecule has 0 aliphatic heterocycles. The summed E-state index contributed by atoms with van der Waals surface area (Å²) in [4.78, 5) is 11.6. The maximum absolute atomic E-state index is 14.8. The Bertz CT molecular complexity index is 1030. The molecule has 0 fully saturated rings. The number of hydrogen-bond acceptors (Lipinski definition) is 5. The van der Waals surface area contributed by atoms with Gasteiger partial charge in [0.2, 0.25) is 0 Å². The van der Waals surface area contributed by atoms with Crippen LogP contribution in [0.15, 0.2) is 66.7 Å². The number of carbonyl (C=O) groups is 1. The van der Waals surface area contributed by atoms with Gasteiger partial charge in [0.15, 0.2) is 16.9 Å². The summed E-state index contributed by atoms with van der Waals surface area (Å²) in [7, 11) is -3.89. The van der Waals surface area contributed by atoms with Crippen molar-refractivity contribution in [3.63, 3.8) is 0 Å². The van der Waals surface area contributed by atoms with E-state index < -0.39 is 41.9 Å². The number of rotatable bonds is 6. The smallest absolute Gasteiger partial charge is 0.465 e. The van der Waals surface area contributed by atoms with Gasteiger partial charge in [-0.2, -0.15) is 0 Å². The fourth-order valence-corrected chi connectivity index (χ4v) is 4.13. The van der Waals surface area contributed by atoms with Crippen molar-refractivity contribution in [2.45, 2.75) is 0 Å². The highest BCUT2D eigenvalue weighted by atomic mass is 31.2. The van der Waals surface area contributed by atoms with E-state index in [1.165, 1.54) is 48.5 Å². The molecule has 0 aliphatic rings. The van der Waals surface area contributed by atoms with Crippen molar-refractivity contribution in [2.75, 3.05) is 7.11 Å². The Morgan fingerprint density at radius 1 is 0.828 bits per heavy atom. The van der Waals surface area contributed by atoms with Gasteiger partial charge in [0.1, 0.15) is 22.9 Å². The summed E-state index contributed by atoms with van der Waals surface area (Å²) in [6.07, 6.45) is 0. The molecular formula is C20H14F3O5P. The zero-order valence-electron chi connectivity index (χ0n) is 15.0. The quantitative estimate of drug-likeness (QED) is 0.322. The lowest BCUT2D eigenvalue weighted by atomic mass is 10.2. The first kappa shape index (κ1) is 20.5. The van der Waals surface area contributed by atoms with Crippen LogP contribution in [-0.4, -0.2) is 13.1 Å². The monoisotopic (exact) mass is 422 g/mol. The van der Waals surface area contributed by atoms with E-state index in [2.05, 4.69) is 4.74 Å². The van der Waals surface area contributed by atoms with E-state index in [4.69, 9.17) is 9.05 Å². The molecule has 3 aromatic rings. The van der Waals surface area contributed by atoms with Crippen LogP contribution in [0.3, 0.4) is 0 Å². The first-order valence-corrected chi connectivity index (χ1v) is 9.75. The third-order valence-electron chi connectivity index (χ3n) is 3.75. The summed E-state index contributed by atoms with van der Waals surface area (Å²) >= 11 is 0. The van der Waals surface area contributed by atoms with Gasteiger partial charge in [-0.25, -0.2) is 22.5 Å². The Balaban J connectivity index is 2.17. The zero-order chi connectivity index (χ0) is 21.0. The van der Waals surface area contributed by atoms with E-state index in [1.807, 2.05) is 0 Å². The maximum Gasteiger partial charge on any atom is 0.468 e. The standard InChI is InChI=1S/C20H14F3O5P/c1-26-20(24)15-12-16(21)19(18(23)17(15)22)29(25,27-13-8-4-2-5-9-13)28-14-10-6-3-7-11-14/h2-12H,1H3. The summed E-state index contributed by atoms with van der Waals surface area (Å²) in [5.74, 6) is -6.44. The molecule has 0 atom stereocenters. The maximum atomic E-state index is 14.8. The number of methoxy groups -OCH3 is 1. The van der Waals surface area contributed by atoms with E-state index >= 15 is 0 Å². The molecule has 0 saturated carbocycles. The number of para-hydroxylation sites is 2. The molecule has 3 aromatic carbocycles. The Hall–Kier alpha value is -3.25. The summed E-state index contributed by atoms with van der Waals surface area (Å²) < 4.78 is 72.3. The van der Waals surface area contributed by atoms with Crippen LogP contribution < -0.4 is 14.4 Å². The molecule has 0 heterocycles. The normalized spacial score (nSPS) is 11.0. The van der Waals surface area contributed by atoms with Gasteiger partial charge in [0, 0.05) is 0 Å². The molecule has 0 unspecified atom stereocenters. The highest BCUT2D eigenvalue weighted by Gasteiger charge is 2.41. The lowest BCUT2D eigenvalue weighted by Gasteiger charge is -2.21. The average molecular weight is 422 g/mol. The minimum Gasteiger partial charge on any atom is -0.465 e. The first-order chi connectivity index (χ1) is 13.9. The summed E-state index contributed by atoms with van der Waals surface area (Å²) in [5, 5.41) is -1.27. The number of esters is 1. The van der Waals surface area contributed by atoms with Crippen molar-refractivity contribution in [3.8, 4) is 11.5 Å². The van der Waals surface area contributed by atoms with Crippen LogP contribution >= 0.6 is 7.60 Å². The van der Waals surface area contributed by atoms with E-state index in [-0.39, 0.29) is 11.5 Å².